The zero-order chi connectivity index (χ0) is 9.30. The van der Waals surface area contributed by atoms with E-state index in [0.29, 0.717) is 0 Å². The summed E-state index contributed by atoms with van der Waals surface area (Å²) in [6.07, 6.45) is -0.932. The predicted molar refractivity (Wildman–Crippen MR) is 43.7 cm³/mol. The molecule has 4 heteroatoms. The Hall–Kier alpha value is -0.800. The molecule has 0 saturated carbocycles. The zero-order valence-corrected chi connectivity index (χ0v) is 7.14. The molecule has 2 N–H and O–H groups in total. The fraction of sp³-hybridized carbons (Fsp3) is 0.250. The highest BCUT2D eigenvalue weighted by molar-refractivity contribution is 6.32. The quantitative estimate of drug-likeness (QED) is 0.713. The molecule has 66 valence electrons. The second-order valence-electron chi connectivity index (χ2n) is 2.50. The summed E-state index contributed by atoms with van der Waals surface area (Å²) in [7, 11) is 0. The molecule has 1 aromatic rings. The van der Waals surface area contributed by atoms with E-state index in [0.717, 1.165) is 12.1 Å². The van der Waals surface area contributed by atoms with Gasteiger partial charge in [0, 0.05) is 5.56 Å². The van der Waals surface area contributed by atoms with E-state index in [-0.39, 0.29) is 16.3 Å². The van der Waals surface area contributed by atoms with Gasteiger partial charge in [0.25, 0.3) is 0 Å². The molecule has 0 bridgehead atoms. The first kappa shape index (κ1) is 9.29. The summed E-state index contributed by atoms with van der Waals surface area (Å²) < 4.78 is 12.7. The summed E-state index contributed by atoms with van der Waals surface area (Å²) in [5, 5.41) is 18.2. The van der Waals surface area contributed by atoms with Crippen LogP contribution in [-0.4, -0.2) is 10.2 Å². The van der Waals surface area contributed by atoms with Gasteiger partial charge >= 0.3 is 0 Å². The molecule has 0 aliphatic rings. The lowest BCUT2D eigenvalue weighted by Crippen LogP contribution is -1.93. The molecular formula is C8H8ClFO2. The van der Waals surface area contributed by atoms with Crippen molar-refractivity contribution in [3.8, 4) is 5.75 Å². The second-order valence-corrected chi connectivity index (χ2v) is 2.91. The number of aromatic hydroxyl groups is 1. The molecule has 0 heterocycles. The van der Waals surface area contributed by atoms with E-state index in [2.05, 4.69) is 0 Å². The molecule has 12 heavy (non-hydrogen) atoms. The molecule has 2 nitrogen and oxygen atoms in total. The highest BCUT2D eigenvalue weighted by Crippen LogP contribution is 2.32. The van der Waals surface area contributed by atoms with Crippen LogP contribution in [0.5, 0.6) is 5.75 Å². The van der Waals surface area contributed by atoms with Crippen LogP contribution in [0.4, 0.5) is 4.39 Å². The molecule has 0 radical (unpaired) electrons. The number of halogens is 2. The number of aliphatic hydroxyl groups excluding tert-OH is 1. The Labute approximate surface area is 74.2 Å². The first-order valence-corrected chi connectivity index (χ1v) is 3.76. The summed E-state index contributed by atoms with van der Waals surface area (Å²) in [6.45, 7) is 1.42. The van der Waals surface area contributed by atoms with E-state index in [4.69, 9.17) is 16.7 Å². The molecular weight excluding hydrogens is 183 g/mol. The van der Waals surface area contributed by atoms with Gasteiger partial charge in [-0.2, -0.15) is 0 Å². The molecule has 0 fully saturated rings. The van der Waals surface area contributed by atoms with Gasteiger partial charge in [0.2, 0.25) is 0 Å². The van der Waals surface area contributed by atoms with Crippen LogP contribution in [0.1, 0.15) is 18.6 Å². The first-order chi connectivity index (χ1) is 5.52. The summed E-state index contributed by atoms with van der Waals surface area (Å²) in [6, 6.07) is 2.04. The maximum absolute atomic E-state index is 12.7. The smallest absolute Gasteiger partial charge is 0.140 e. The number of phenols is 1. The molecule has 0 aliphatic heterocycles. The second kappa shape index (κ2) is 3.29. The predicted octanol–water partition coefficient (Wildman–Crippen LogP) is 2.24. The van der Waals surface area contributed by atoms with E-state index in [1.165, 1.54) is 6.92 Å². The monoisotopic (exact) mass is 190 g/mol. The lowest BCUT2D eigenvalue weighted by Gasteiger charge is -2.08. The van der Waals surface area contributed by atoms with Crippen molar-refractivity contribution in [3.63, 3.8) is 0 Å². The molecule has 1 unspecified atom stereocenters. The lowest BCUT2D eigenvalue weighted by molar-refractivity contribution is 0.194. The van der Waals surface area contributed by atoms with Crippen LogP contribution in [0.15, 0.2) is 12.1 Å². The fourth-order valence-electron chi connectivity index (χ4n) is 0.904. The number of phenolic OH excluding ortho intramolecular Hbond substituents is 1. The third-order valence-electron chi connectivity index (χ3n) is 1.51. The van der Waals surface area contributed by atoms with Crippen molar-refractivity contribution in [1.82, 2.24) is 0 Å². The van der Waals surface area contributed by atoms with Crippen LogP contribution in [0, 0.1) is 5.82 Å². The third-order valence-corrected chi connectivity index (χ3v) is 1.80. The lowest BCUT2D eigenvalue weighted by atomic mass is 10.1. The summed E-state index contributed by atoms with van der Waals surface area (Å²) in [5.74, 6) is -0.846. The molecule has 0 spiro atoms. The van der Waals surface area contributed by atoms with E-state index < -0.39 is 11.9 Å². The SMILES string of the molecule is CC(O)c1cc(F)cc(Cl)c1O. The molecule has 0 saturated heterocycles. The van der Waals surface area contributed by atoms with Gasteiger partial charge in [-0.3, -0.25) is 0 Å². The molecule has 1 rings (SSSR count). The normalized spacial score (nSPS) is 13.0. The van der Waals surface area contributed by atoms with Crippen molar-refractivity contribution in [2.75, 3.05) is 0 Å². The minimum absolute atomic E-state index is 0.0918. The molecule has 1 aromatic carbocycles. The van der Waals surface area contributed by atoms with Gasteiger partial charge in [-0.25, -0.2) is 4.39 Å². The minimum Gasteiger partial charge on any atom is -0.506 e. The zero-order valence-electron chi connectivity index (χ0n) is 6.38. The van der Waals surface area contributed by atoms with E-state index in [1.54, 1.807) is 0 Å². The maximum Gasteiger partial charge on any atom is 0.140 e. The Morgan fingerprint density at radius 2 is 2.08 bits per heavy atom. The van der Waals surface area contributed by atoms with Crippen molar-refractivity contribution < 1.29 is 14.6 Å². The van der Waals surface area contributed by atoms with Crippen molar-refractivity contribution in [2.45, 2.75) is 13.0 Å². The van der Waals surface area contributed by atoms with Crippen molar-refractivity contribution in [1.29, 1.82) is 0 Å². The van der Waals surface area contributed by atoms with Crippen LogP contribution in [0.3, 0.4) is 0 Å². The van der Waals surface area contributed by atoms with Gasteiger partial charge in [0.1, 0.15) is 11.6 Å². The van der Waals surface area contributed by atoms with Crippen LogP contribution < -0.4 is 0 Å². The summed E-state index contributed by atoms with van der Waals surface area (Å²) in [4.78, 5) is 0. The van der Waals surface area contributed by atoms with Gasteiger partial charge in [0.15, 0.2) is 0 Å². The van der Waals surface area contributed by atoms with E-state index in [9.17, 15) is 9.50 Å². The van der Waals surface area contributed by atoms with E-state index in [1.807, 2.05) is 0 Å². The number of benzene rings is 1. The Morgan fingerprint density at radius 1 is 1.50 bits per heavy atom. The summed E-state index contributed by atoms with van der Waals surface area (Å²) >= 11 is 5.46. The van der Waals surface area contributed by atoms with Crippen LogP contribution in [-0.2, 0) is 0 Å². The number of hydrogen-bond donors (Lipinski definition) is 2. The third kappa shape index (κ3) is 1.68. The first-order valence-electron chi connectivity index (χ1n) is 3.38. The molecule has 0 aromatic heterocycles. The highest BCUT2D eigenvalue weighted by Gasteiger charge is 2.12. The number of aliphatic hydroxyl groups is 1. The van der Waals surface area contributed by atoms with Gasteiger partial charge in [-0.05, 0) is 19.1 Å². The Balaban J connectivity index is 3.28. The highest BCUT2D eigenvalue weighted by atomic mass is 35.5. The van der Waals surface area contributed by atoms with Crippen LogP contribution in [0.25, 0.3) is 0 Å². The minimum atomic E-state index is -0.932. The molecule has 0 aliphatic carbocycles. The number of hydrogen-bond acceptors (Lipinski definition) is 2. The maximum atomic E-state index is 12.7. The average molecular weight is 191 g/mol. The Kier molecular flexibility index (Phi) is 2.55. The van der Waals surface area contributed by atoms with Gasteiger partial charge in [-0.1, -0.05) is 11.6 Å². The summed E-state index contributed by atoms with van der Waals surface area (Å²) in [5.41, 5.74) is 0.0972. The van der Waals surface area contributed by atoms with Crippen molar-refractivity contribution >= 4 is 11.6 Å². The largest absolute Gasteiger partial charge is 0.506 e. The topological polar surface area (TPSA) is 40.5 Å². The van der Waals surface area contributed by atoms with Gasteiger partial charge < -0.3 is 10.2 Å². The average Bonchev–Trinajstić information content (AvgIpc) is 1.96. The van der Waals surface area contributed by atoms with Crippen molar-refractivity contribution in [2.24, 2.45) is 0 Å². The van der Waals surface area contributed by atoms with Gasteiger partial charge in [0.05, 0.1) is 11.1 Å². The fourth-order valence-corrected chi connectivity index (χ4v) is 1.12. The van der Waals surface area contributed by atoms with Crippen LogP contribution in [0.2, 0.25) is 5.02 Å². The molecule has 1 atom stereocenters. The van der Waals surface area contributed by atoms with Gasteiger partial charge in [-0.15, -0.1) is 0 Å². The Bertz CT molecular complexity index is 299. The van der Waals surface area contributed by atoms with E-state index >= 15 is 0 Å². The van der Waals surface area contributed by atoms with Crippen molar-refractivity contribution in [3.05, 3.63) is 28.5 Å². The number of rotatable bonds is 1. The molecule has 0 amide bonds. The Morgan fingerprint density at radius 3 is 2.58 bits per heavy atom. The standard InChI is InChI=1S/C8H8ClFO2/c1-4(11)6-2-5(10)3-7(9)8(6)12/h2-4,11-12H,1H3. The van der Waals surface area contributed by atoms with Crippen LogP contribution >= 0.6 is 11.6 Å².